The molecule has 0 bridgehead atoms. The number of rotatable bonds is 5. The van der Waals surface area contributed by atoms with Crippen molar-refractivity contribution in [2.75, 3.05) is 13.7 Å². The van der Waals surface area contributed by atoms with Crippen LogP contribution in [0.1, 0.15) is 43.5 Å². The monoisotopic (exact) mass is 305 g/mol. The highest BCUT2D eigenvalue weighted by Crippen LogP contribution is 2.28. The Hall–Kier alpha value is -2.04. The fourth-order valence-electron chi connectivity index (χ4n) is 3.00. The lowest BCUT2D eigenvalue weighted by molar-refractivity contribution is -0.139. The van der Waals surface area contributed by atoms with Crippen LogP contribution in [-0.4, -0.2) is 42.9 Å². The van der Waals surface area contributed by atoms with E-state index in [-0.39, 0.29) is 24.6 Å². The van der Waals surface area contributed by atoms with Crippen LogP contribution < -0.4 is 9.47 Å². The van der Waals surface area contributed by atoms with Crippen LogP contribution in [0.15, 0.2) is 18.2 Å². The van der Waals surface area contributed by atoms with Gasteiger partial charge < -0.3 is 14.4 Å². The molecule has 2 rings (SSSR count). The van der Waals surface area contributed by atoms with E-state index >= 15 is 0 Å². The number of methoxy groups -OCH3 is 1. The second-order valence-electron chi connectivity index (χ2n) is 5.75. The Balaban J connectivity index is 2.03. The number of benzene rings is 1. The van der Waals surface area contributed by atoms with E-state index in [2.05, 4.69) is 13.8 Å². The number of ether oxygens (including phenoxy) is 2. The predicted octanol–water partition coefficient (Wildman–Crippen LogP) is 2.68. The van der Waals surface area contributed by atoms with Gasteiger partial charge in [-0.1, -0.05) is 0 Å². The van der Waals surface area contributed by atoms with Crippen LogP contribution in [0, 0.1) is 0 Å². The predicted molar refractivity (Wildman–Crippen MR) is 83.5 cm³/mol. The molecule has 0 aromatic heterocycles. The molecule has 1 amide bonds. The average molecular weight is 305 g/mol. The second-order valence-corrected chi connectivity index (χ2v) is 5.75. The van der Waals surface area contributed by atoms with Crippen molar-refractivity contribution in [3.63, 3.8) is 0 Å². The van der Waals surface area contributed by atoms with Crippen molar-refractivity contribution in [3.05, 3.63) is 23.8 Å². The summed E-state index contributed by atoms with van der Waals surface area (Å²) in [6, 6.07) is 5.39. The summed E-state index contributed by atoms with van der Waals surface area (Å²) in [5.41, 5.74) is 0.508. The van der Waals surface area contributed by atoms with E-state index in [9.17, 15) is 9.59 Å². The fourth-order valence-corrected chi connectivity index (χ4v) is 3.00. The van der Waals surface area contributed by atoms with Crippen molar-refractivity contribution in [3.8, 4) is 11.5 Å². The van der Waals surface area contributed by atoms with Gasteiger partial charge in [-0.2, -0.15) is 0 Å². The SMILES string of the molecule is COc1cc(C=O)ccc1OCC(=O)N1[C@H](C)CCC[C@@H]1C. The van der Waals surface area contributed by atoms with Crippen LogP contribution >= 0.6 is 0 Å². The molecule has 0 spiro atoms. The van der Waals surface area contributed by atoms with Crippen LogP contribution in [0.5, 0.6) is 11.5 Å². The first-order valence-electron chi connectivity index (χ1n) is 7.64. The van der Waals surface area contributed by atoms with E-state index < -0.39 is 0 Å². The fraction of sp³-hybridized carbons (Fsp3) is 0.529. The number of piperidine rings is 1. The summed E-state index contributed by atoms with van der Waals surface area (Å²) in [4.78, 5) is 25.1. The third kappa shape index (κ3) is 3.59. The van der Waals surface area contributed by atoms with Gasteiger partial charge in [0.1, 0.15) is 6.29 Å². The molecule has 1 aromatic carbocycles. The van der Waals surface area contributed by atoms with Crippen molar-refractivity contribution < 1.29 is 19.1 Å². The lowest BCUT2D eigenvalue weighted by Crippen LogP contribution is -2.49. The van der Waals surface area contributed by atoms with Gasteiger partial charge in [0.15, 0.2) is 18.1 Å². The number of likely N-dealkylation sites (tertiary alicyclic amines) is 1. The number of hydrogen-bond acceptors (Lipinski definition) is 4. The van der Waals surface area contributed by atoms with Gasteiger partial charge in [0.2, 0.25) is 0 Å². The first-order valence-corrected chi connectivity index (χ1v) is 7.64. The van der Waals surface area contributed by atoms with Gasteiger partial charge in [0, 0.05) is 17.6 Å². The molecule has 0 radical (unpaired) electrons. The maximum Gasteiger partial charge on any atom is 0.260 e. The van der Waals surface area contributed by atoms with Crippen molar-refractivity contribution in [1.82, 2.24) is 4.90 Å². The zero-order valence-electron chi connectivity index (χ0n) is 13.4. The van der Waals surface area contributed by atoms with Crippen molar-refractivity contribution in [2.24, 2.45) is 0 Å². The maximum absolute atomic E-state index is 12.4. The highest BCUT2D eigenvalue weighted by atomic mass is 16.5. The maximum atomic E-state index is 12.4. The summed E-state index contributed by atoms with van der Waals surface area (Å²) in [6.45, 7) is 4.13. The highest BCUT2D eigenvalue weighted by molar-refractivity contribution is 5.79. The largest absolute Gasteiger partial charge is 0.493 e. The third-order valence-corrected chi connectivity index (χ3v) is 4.16. The quantitative estimate of drug-likeness (QED) is 0.785. The Morgan fingerprint density at radius 3 is 2.55 bits per heavy atom. The molecule has 1 aliphatic heterocycles. The van der Waals surface area contributed by atoms with Crippen LogP contribution in [0.2, 0.25) is 0 Å². The molecule has 5 nitrogen and oxygen atoms in total. The van der Waals surface area contributed by atoms with Gasteiger partial charge in [-0.25, -0.2) is 0 Å². The van der Waals surface area contributed by atoms with Crippen molar-refractivity contribution in [1.29, 1.82) is 0 Å². The van der Waals surface area contributed by atoms with Crippen LogP contribution in [0.25, 0.3) is 0 Å². The molecule has 2 atom stereocenters. The Kier molecular flexibility index (Phi) is 5.41. The molecule has 5 heteroatoms. The molecule has 1 aromatic rings. The number of aldehydes is 1. The zero-order chi connectivity index (χ0) is 16.1. The molecule has 1 heterocycles. The zero-order valence-corrected chi connectivity index (χ0v) is 13.4. The summed E-state index contributed by atoms with van der Waals surface area (Å²) in [7, 11) is 1.51. The normalized spacial score (nSPS) is 21.3. The minimum absolute atomic E-state index is 0.0128. The summed E-state index contributed by atoms with van der Waals surface area (Å²) in [6.07, 6.45) is 3.98. The van der Waals surface area contributed by atoms with Crippen LogP contribution in [0.3, 0.4) is 0 Å². The number of carbonyl (C=O) groups excluding carboxylic acids is 2. The number of nitrogens with zero attached hydrogens (tertiary/aromatic N) is 1. The minimum Gasteiger partial charge on any atom is -0.493 e. The Labute approximate surface area is 131 Å². The van der Waals surface area contributed by atoms with E-state index in [1.54, 1.807) is 18.2 Å². The molecular formula is C17H23NO4. The molecule has 0 unspecified atom stereocenters. The lowest BCUT2D eigenvalue weighted by atomic mass is 9.97. The van der Waals surface area contributed by atoms with Gasteiger partial charge in [-0.15, -0.1) is 0 Å². The molecule has 0 aliphatic carbocycles. The van der Waals surface area contributed by atoms with E-state index in [0.717, 1.165) is 25.5 Å². The van der Waals surface area contributed by atoms with Crippen molar-refractivity contribution in [2.45, 2.75) is 45.2 Å². The van der Waals surface area contributed by atoms with E-state index in [1.807, 2.05) is 4.90 Å². The number of hydrogen-bond donors (Lipinski definition) is 0. The van der Waals surface area contributed by atoms with E-state index in [4.69, 9.17) is 9.47 Å². The lowest BCUT2D eigenvalue weighted by Gasteiger charge is -2.39. The molecule has 1 saturated heterocycles. The van der Waals surface area contributed by atoms with E-state index in [1.165, 1.54) is 7.11 Å². The van der Waals surface area contributed by atoms with Gasteiger partial charge in [-0.3, -0.25) is 9.59 Å². The van der Waals surface area contributed by atoms with Gasteiger partial charge in [0.25, 0.3) is 5.91 Å². The second kappa shape index (κ2) is 7.29. The smallest absolute Gasteiger partial charge is 0.260 e. The Morgan fingerprint density at radius 2 is 1.95 bits per heavy atom. The summed E-state index contributed by atoms with van der Waals surface area (Å²) in [5.74, 6) is 0.914. The Bertz CT molecular complexity index is 533. The molecule has 0 saturated carbocycles. The standard InChI is InChI=1S/C17H23NO4/c1-12-5-4-6-13(2)18(12)17(20)11-22-15-8-7-14(10-19)9-16(15)21-3/h7-10,12-13H,4-6,11H2,1-3H3/t12-,13+. The molecule has 0 N–H and O–H groups in total. The van der Waals surface area contributed by atoms with Gasteiger partial charge >= 0.3 is 0 Å². The summed E-state index contributed by atoms with van der Waals surface area (Å²) >= 11 is 0. The molecule has 22 heavy (non-hydrogen) atoms. The van der Waals surface area contributed by atoms with Gasteiger partial charge in [-0.05, 0) is 51.3 Å². The molecule has 1 fully saturated rings. The minimum atomic E-state index is -0.0223. The molecule has 120 valence electrons. The topological polar surface area (TPSA) is 55.8 Å². The number of carbonyl (C=O) groups is 2. The Morgan fingerprint density at radius 1 is 1.27 bits per heavy atom. The first kappa shape index (κ1) is 16.3. The van der Waals surface area contributed by atoms with Gasteiger partial charge in [0.05, 0.1) is 7.11 Å². The summed E-state index contributed by atoms with van der Waals surface area (Å²) in [5, 5.41) is 0. The molecule has 1 aliphatic rings. The van der Waals surface area contributed by atoms with Crippen LogP contribution in [0.4, 0.5) is 0 Å². The highest BCUT2D eigenvalue weighted by Gasteiger charge is 2.29. The first-order chi connectivity index (χ1) is 10.6. The third-order valence-electron chi connectivity index (χ3n) is 4.16. The number of amides is 1. The molecular weight excluding hydrogens is 282 g/mol. The van der Waals surface area contributed by atoms with Crippen molar-refractivity contribution >= 4 is 12.2 Å². The average Bonchev–Trinajstić information content (AvgIpc) is 2.52. The van der Waals surface area contributed by atoms with Crippen LogP contribution in [-0.2, 0) is 4.79 Å². The summed E-state index contributed by atoms with van der Waals surface area (Å²) < 4.78 is 10.8. The van der Waals surface area contributed by atoms with E-state index in [0.29, 0.717) is 17.1 Å².